The molecule has 2 bridgehead atoms. The SMILES string of the molecule is C=C1C[C@]23C[C@H]1CC[C@H]2[C@]1(C)CCC[C@@]2(COC(C)=O)C(=O)O[C@H]([C@H]21)[C@@H]3O. The highest BCUT2D eigenvalue weighted by atomic mass is 16.6. The first-order valence-corrected chi connectivity index (χ1v) is 10.4. The van der Waals surface area contributed by atoms with Crippen LogP contribution >= 0.6 is 0 Å². The summed E-state index contributed by atoms with van der Waals surface area (Å²) in [6, 6.07) is 0. The van der Waals surface area contributed by atoms with Crippen molar-refractivity contribution in [2.24, 2.45) is 34.0 Å². The van der Waals surface area contributed by atoms with Gasteiger partial charge in [-0.1, -0.05) is 25.5 Å². The van der Waals surface area contributed by atoms with Gasteiger partial charge in [0.25, 0.3) is 0 Å². The van der Waals surface area contributed by atoms with E-state index in [1.165, 1.54) is 12.5 Å². The fourth-order valence-corrected chi connectivity index (χ4v) is 8.26. The van der Waals surface area contributed by atoms with Gasteiger partial charge in [0.2, 0.25) is 0 Å². The highest BCUT2D eigenvalue weighted by Gasteiger charge is 2.76. The van der Waals surface area contributed by atoms with E-state index in [0.717, 1.165) is 38.5 Å². The second-order valence-electron chi connectivity index (χ2n) is 10.2. The van der Waals surface area contributed by atoms with Crippen molar-refractivity contribution in [1.29, 1.82) is 0 Å². The molecule has 1 N–H and O–H groups in total. The molecule has 5 fully saturated rings. The summed E-state index contributed by atoms with van der Waals surface area (Å²) < 4.78 is 11.3. The van der Waals surface area contributed by atoms with Gasteiger partial charge in [-0.3, -0.25) is 9.59 Å². The van der Waals surface area contributed by atoms with Crippen molar-refractivity contribution in [3.63, 3.8) is 0 Å². The third kappa shape index (κ3) is 1.99. The normalized spacial score (nSPS) is 52.8. The number of carbonyl (C=O) groups excluding carboxylic acids is 2. The highest BCUT2D eigenvalue weighted by molar-refractivity contribution is 5.81. The molecule has 1 saturated heterocycles. The van der Waals surface area contributed by atoms with Crippen LogP contribution in [0.2, 0.25) is 0 Å². The molecule has 0 aromatic heterocycles. The molecule has 148 valence electrons. The lowest BCUT2D eigenvalue weighted by Gasteiger charge is -2.64. The molecule has 8 atom stereocenters. The van der Waals surface area contributed by atoms with Crippen LogP contribution in [-0.2, 0) is 19.1 Å². The largest absolute Gasteiger partial charge is 0.465 e. The first-order valence-electron chi connectivity index (χ1n) is 10.4. The fourth-order valence-electron chi connectivity index (χ4n) is 8.26. The van der Waals surface area contributed by atoms with E-state index in [4.69, 9.17) is 9.47 Å². The third-order valence-corrected chi connectivity index (χ3v) is 9.11. The first kappa shape index (κ1) is 17.7. The molecule has 1 heterocycles. The van der Waals surface area contributed by atoms with Gasteiger partial charge in [0.05, 0.1) is 6.10 Å². The lowest BCUT2D eigenvalue weighted by molar-refractivity contribution is -0.224. The van der Waals surface area contributed by atoms with Crippen LogP contribution in [0, 0.1) is 34.0 Å². The van der Waals surface area contributed by atoms with Gasteiger partial charge >= 0.3 is 11.9 Å². The van der Waals surface area contributed by atoms with Gasteiger partial charge in [0.15, 0.2) is 0 Å². The average Bonchev–Trinajstić information content (AvgIpc) is 3.05. The topological polar surface area (TPSA) is 72.8 Å². The van der Waals surface area contributed by atoms with Crippen LogP contribution in [0.4, 0.5) is 0 Å². The van der Waals surface area contributed by atoms with E-state index in [9.17, 15) is 14.7 Å². The Kier molecular flexibility index (Phi) is 3.52. The van der Waals surface area contributed by atoms with Crippen molar-refractivity contribution in [3.05, 3.63) is 12.2 Å². The quantitative estimate of drug-likeness (QED) is 0.594. The summed E-state index contributed by atoms with van der Waals surface area (Å²) in [7, 11) is 0. The molecule has 1 aliphatic heterocycles. The Morgan fingerprint density at radius 1 is 1.37 bits per heavy atom. The van der Waals surface area contributed by atoms with Crippen molar-refractivity contribution >= 4 is 11.9 Å². The molecule has 5 rings (SSSR count). The molecular weight excluding hydrogens is 344 g/mol. The molecule has 0 amide bonds. The number of hydrogen-bond donors (Lipinski definition) is 1. The predicted octanol–water partition coefficient (Wildman–Crippen LogP) is 3.00. The number of hydrogen-bond acceptors (Lipinski definition) is 5. The van der Waals surface area contributed by atoms with E-state index in [1.54, 1.807) is 0 Å². The number of aliphatic hydroxyl groups is 1. The molecule has 0 aromatic carbocycles. The highest BCUT2D eigenvalue weighted by Crippen LogP contribution is 2.74. The van der Waals surface area contributed by atoms with Crippen molar-refractivity contribution in [2.75, 3.05) is 6.61 Å². The van der Waals surface area contributed by atoms with Crippen LogP contribution in [-0.4, -0.2) is 35.9 Å². The Balaban J connectivity index is 1.62. The number of ether oxygens (including phenoxy) is 2. The molecule has 0 unspecified atom stereocenters. The maximum atomic E-state index is 13.1. The minimum absolute atomic E-state index is 0.0793. The molecule has 0 radical (unpaired) electrons. The zero-order valence-corrected chi connectivity index (χ0v) is 16.3. The number of fused-ring (bicyclic) bond motifs is 2. The van der Waals surface area contributed by atoms with Gasteiger partial charge in [-0.25, -0.2) is 0 Å². The second-order valence-corrected chi connectivity index (χ2v) is 10.2. The molecule has 4 saturated carbocycles. The molecule has 4 aliphatic carbocycles. The molecule has 0 aromatic rings. The van der Waals surface area contributed by atoms with Crippen molar-refractivity contribution in [2.45, 2.75) is 71.0 Å². The number of aliphatic hydroxyl groups excluding tert-OH is 1. The summed E-state index contributed by atoms with van der Waals surface area (Å²) in [6.45, 7) is 8.08. The summed E-state index contributed by atoms with van der Waals surface area (Å²) in [5, 5.41) is 11.5. The van der Waals surface area contributed by atoms with Crippen LogP contribution in [0.25, 0.3) is 0 Å². The predicted molar refractivity (Wildman–Crippen MR) is 97.4 cm³/mol. The van der Waals surface area contributed by atoms with Crippen molar-refractivity contribution < 1.29 is 24.2 Å². The van der Waals surface area contributed by atoms with Crippen LogP contribution in [0.3, 0.4) is 0 Å². The molecule has 1 spiro atoms. The lowest BCUT2D eigenvalue weighted by atomic mass is 9.40. The van der Waals surface area contributed by atoms with E-state index < -0.39 is 17.6 Å². The van der Waals surface area contributed by atoms with Gasteiger partial charge in [-0.2, -0.15) is 0 Å². The van der Waals surface area contributed by atoms with E-state index in [-0.39, 0.29) is 35.3 Å². The molecule has 27 heavy (non-hydrogen) atoms. The number of esters is 2. The maximum Gasteiger partial charge on any atom is 0.316 e. The summed E-state index contributed by atoms with van der Waals surface area (Å²) in [6.07, 6.45) is 5.57. The Morgan fingerprint density at radius 3 is 2.89 bits per heavy atom. The monoisotopic (exact) mass is 374 g/mol. The Labute approximate surface area is 160 Å². The van der Waals surface area contributed by atoms with Gasteiger partial charge in [0, 0.05) is 18.3 Å². The summed E-state index contributed by atoms with van der Waals surface area (Å²) in [4.78, 5) is 24.6. The van der Waals surface area contributed by atoms with Gasteiger partial charge < -0.3 is 14.6 Å². The number of carbonyl (C=O) groups is 2. The minimum Gasteiger partial charge on any atom is -0.465 e. The van der Waals surface area contributed by atoms with E-state index >= 15 is 0 Å². The van der Waals surface area contributed by atoms with Gasteiger partial charge in [-0.15, -0.1) is 0 Å². The smallest absolute Gasteiger partial charge is 0.316 e. The standard InChI is InChI=1S/C22H30O5/c1-12-9-22-10-14(12)5-6-15(22)20(3)7-4-8-21(11-26-13(2)23)17(20)16(18(22)24)27-19(21)25/h14-18,24H,1,4-11H2,2-3H3/t14-,15+,16-,17+,18+,20+,21+,22+/m1/s1. The van der Waals surface area contributed by atoms with Gasteiger partial charge in [0.1, 0.15) is 18.1 Å². The summed E-state index contributed by atoms with van der Waals surface area (Å²) in [5.74, 6) is 0.146. The number of allylic oxidation sites excluding steroid dienone is 1. The summed E-state index contributed by atoms with van der Waals surface area (Å²) >= 11 is 0. The van der Waals surface area contributed by atoms with E-state index in [2.05, 4.69) is 13.5 Å². The Hall–Kier alpha value is -1.36. The maximum absolute atomic E-state index is 13.1. The van der Waals surface area contributed by atoms with Crippen molar-refractivity contribution in [1.82, 2.24) is 0 Å². The van der Waals surface area contributed by atoms with Crippen LogP contribution < -0.4 is 0 Å². The fraction of sp³-hybridized carbons (Fsp3) is 0.818. The minimum atomic E-state index is -0.793. The van der Waals surface area contributed by atoms with Gasteiger partial charge in [-0.05, 0) is 55.8 Å². The van der Waals surface area contributed by atoms with Crippen LogP contribution in [0.15, 0.2) is 12.2 Å². The lowest BCUT2D eigenvalue weighted by Crippen LogP contribution is -2.66. The molecular formula is C22H30O5. The Bertz CT molecular complexity index is 730. The zero-order valence-electron chi connectivity index (χ0n) is 16.3. The molecule has 5 nitrogen and oxygen atoms in total. The molecule has 5 heteroatoms. The van der Waals surface area contributed by atoms with E-state index in [1.807, 2.05) is 0 Å². The first-order chi connectivity index (χ1) is 12.7. The van der Waals surface area contributed by atoms with E-state index in [0.29, 0.717) is 18.3 Å². The molecule has 5 aliphatic rings. The average molecular weight is 374 g/mol. The zero-order chi connectivity index (χ0) is 19.2. The number of rotatable bonds is 2. The summed E-state index contributed by atoms with van der Waals surface area (Å²) in [5.41, 5.74) is 0.193. The van der Waals surface area contributed by atoms with Crippen LogP contribution in [0.5, 0.6) is 0 Å². The third-order valence-electron chi connectivity index (χ3n) is 9.11. The Morgan fingerprint density at radius 2 is 2.15 bits per heavy atom. The van der Waals surface area contributed by atoms with Crippen LogP contribution in [0.1, 0.15) is 58.8 Å². The second kappa shape index (κ2) is 5.37. The van der Waals surface area contributed by atoms with Crippen molar-refractivity contribution in [3.8, 4) is 0 Å².